The van der Waals surface area contributed by atoms with E-state index in [2.05, 4.69) is 10.6 Å². The van der Waals surface area contributed by atoms with Crippen molar-refractivity contribution in [3.05, 3.63) is 29.8 Å². The molecule has 38 heavy (non-hydrogen) atoms. The van der Waals surface area contributed by atoms with E-state index in [0.29, 0.717) is 12.0 Å². The highest BCUT2D eigenvalue weighted by molar-refractivity contribution is 5.94. The molecule has 1 saturated heterocycles. The summed E-state index contributed by atoms with van der Waals surface area (Å²) < 4.78 is 0. The molecule has 208 valence electrons. The summed E-state index contributed by atoms with van der Waals surface area (Å²) in [5, 5.41) is 32.9. The molecule has 4 amide bonds. The minimum atomic E-state index is -1.31. The molecule has 14 heteroatoms. The number of amides is 4. The molecule has 0 spiro atoms. The van der Waals surface area contributed by atoms with Crippen molar-refractivity contribution < 1.29 is 44.1 Å². The number of hydrogen-bond donors (Lipinski definition) is 7. The summed E-state index contributed by atoms with van der Waals surface area (Å²) in [4.78, 5) is 73.9. The smallest absolute Gasteiger partial charge is 0.326 e. The minimum Gasteiger partial charge on any atom is -0.508 e. The first kappa shape index (κ1) is 30.0. The van der Waals surface area contributed by atoms with Crippen LogP contribution >= 0.6 is 0 Å². The number of phenolic OH excluding ortho intramolecular Hbond substituents is 1. The second kappa shape index (κ2) is 13.9. The number of phenols is 1. The fourth-order valence-electron chi connectivity index (χ4n) is 4.07. The van der Waals surface area contributed by atoms with Crippen LogP contribution in [-0.4, -0.2) is 86.5 Å². The van der Waals surface area contributed by atoms with Gasteiger partial charge >= 0.3 is 11.9 Å². The van der Waals surface area contributed by atoms with E-state index in [1.54, 1.807) is 0 Å². The van der Waals surface area contributed by atoms with Gasteiger partial charge in [-0.2, -0.15) is 0 Å². The highest BCUT2D eigenvalue weighted by Gasteiger charge is 2.39. The number of benzene rings is 1. The lowest BCUT2D eigenvalue weighted by Crippen LogP contribution is -2.57. The molecule has 14 nitrogen and oxygen atoms in total. The summed E-state index contributed by atoms with van der Waals surface area (Å²) in [6.07, 6.45) is -0.364. The van der Waals surface area contributed by atoms with E-state index in [1.807, 2.05) is 0 Å². The molecule has 4 unspecified atom stereocenters. The van der Waals surface area contributed by atoms with Gasteiger partial charge in [0.05, 0.1) is 6.04 Å². The van der Waals surface area contributed by atoms with Gasteiger partial charge < -0.3 is 42.3 Å². The van der Waals surface area contributed by atoms with Gasteiger partial charge in [-0.25, -0.2) is 4.79 Å². The lowest BCUT2D eigenvalue weighted by molar-refractivity contribution is -0.145. The molecule has 1 aromatic carbocycles. The summed E-state index contributed by atoms with van der Waals surface area (Å²) in [5.41, 5.74) is 11.4. The first-order chi connectivity index (χ1) is 17.9. The number of carbonyl (C=O) groups excluding carboxylic acids is 4. The molecule has 0 radical (unpaired) electrons. The third kappa shape index (κ3) is 9.03. The molecule has 0 aliphatic carbocycles. The van der Waals surface area contributed by atoms with E-state index in [0.717, 1.165) is 0 Å². The van der Waals surface area contributed by atoms with Gasteiger partial charge in [0.2, 0.25) is 23.6 Å². The van der Waals surface area contributed by atoms with Crippen LogP contribution in [0.2, 0.25) is 0 Å². The molecule has 1 aromatic rings. The van der Waals surface area contributed by atoms with Crippen molar-refractivity contribution >= 4 is 35.6 Å². The number of nitrogens with two attached hydrogens (primary N) is 2. The second-order valence-corrected chi connectivity index (χ2v) is 9.06. The average Bonchev–Trinajstić information content (AvgIpc) is 3.35. The van der Waals surface area contributed by atoms with Gasteiger partial charge in [-0.1, -0.05) is 12.1 Å². The Labute approximate surface area is 218 Å². The SMILES string of the molecule is NC(=O)CCC(N)C(=O)NC(CCC(=O)O)C(=O)N1CCCC1C(=O)NC(Cc1ccc(O)cc1)C(=O)O. The lowest BCUT2D eigenvalue weighted by Gasteiger charge is -2.30. The van der Waals surface area contributed by atoms with Gasteiger partial charge in [-0.3, -0.25) is 24.0 Å². The Hall–Kier alpha value is -4.20. The molecule has 1 aliphatic heterocycles. The zero-order chi connectivity index (χ0) is 28.4. The standard InChI is InChI=1S/C24H33N5O9/c25-15(7-9-19(26)31)21(34)27-16(8-10-20(32)33)23(36)29-11-1-2-18(29)22(35)28-17(24(37)38)12-13-3-5-14(30)6-4-13/h3-6,15-18,30H,1-2,7-12,25H2,(H2,26,31)(H,27,34)(H,28,35)(H,32,33)(H,37,38). The van der Waals surface area contributed by atoms with Gasteiger partial charge in [-0.05, 0) is 43.4 Å². The van der Waals surface area contributed by atoms with E-state index in [9.17, 15) is 39.0 Å². The van der Waals surface area contributed by atoms with E-state index in [4.69, 9.17) is 16.6 Å². The number of aromatic hydroxyl groups is 1. The number of likely N-dealkylation sites (tertiary alicyclic amines) is 1. The van der Waals surface area contributed by atoms with Crippen LogP contribution in [0.25, 0.3) is 0 Å². The third-order valence-electron chi connectivity index (χ3n) is 6.13. The topological polar surface area (TPSA) is 242 Å². The van der Waals surface area contributed by atoms with Crippen molar-refractivity contribution in [2.75, 3.05) is 6.54 Å². The summed E-state index contributed by atoms with van der Waals surface area (Å²) in [5.74, 6) is -5.35. The number of primary amides is 1. The van der Waals surface area contributed by atoms with Crippen molar-refractivity contribution in [3.63, 3.8) is 0 Å². The van der Waals surface area contributed by atoms with Crippen LogP contribution in [0.4, 0.5) is 0 Å². The van der Waals surface area contributed by atoms with Crippen molar-refractivity contribution in [2.24, 2.45) is 11.5 Å². The van der Waals surface area contributed by atoms with Gasteiger partial charge in [0, 0.05) is 25.8 Å². The molecule has 0 saturated carbocycles. The van der Waals surface area contributed by atoms with E-state index in [1.165, 1.54) is 29.2 Å². The molecule has 0 bridgehead atoms. The van der Waals surface area contributed by atoms with Crippen LogP contribution in [0.15, 0.2) is 24.3 Å². The Balaban J connectivity index is 2.12. The Morgan fingerprint density at radius 2 is 1.63 bits per heavy atom. The summed E-state index contributed by atoms with van der Waals surface area (Å²) in [6.45, 7) is 0.139. The van der Waals surface area contributed by atoms with Crippen LogP contribution in [0, 0.1) is 0 Å². The van der Waals surface area contributed by atoms with Crippen LogP contribution in [0.5, 0.6) is 5.75 Å². The average molecular weight is 536 g/mol. The van der Waals surface area contributed by atoms with E-state index in [-0.39, 0.29) is 44.4 Å². The van der Waals surface area contributed by atoms with Crippen molar-refractivity contribution in [3.8, 4) is 5.75 Å². The minimum absolute atomic E-state index is 0.00291. The Bertz CT molecular complexity index is 1050. The zero-order valence-corrected chi connectivity index (χ0v) is 20.7. The van der Waals surface area contributed by atoms with Gasteiger partial charge in [-0.15, -0.1) is 0 Å². The van der Waals surface area contributed by atoms with Crippen LogP contribution in [0.1, 0.15) is 44.1 Å². The van der Waals surface area contributed by atoms with Gasteiger partial charge in [0.1, 0.15) is 23.9 Å². The predicted octanol–water partition coefficient (Wildman–Crippen LogP) is -1.56. The summed E-state index contributed by atoms with van der Waals surface area (Å²) in [6, 6.07) is 1.000. The molecule has 2 rings (SSSR count). The summed E-state index contributed by atoms with van der Waals surface area (Å²) in [7, 11) is 0. The third-order valence-corrected chi connectivity index (χ3v) is 6.13. The number of hydrogen-bond acceptors (Lipinski definition) is 8. The normalized spacial score (nSPS) is 17.2. The number of nitrogens with one attached hydrogen (secondary N) is 2. The molecule has 1 aliphatic rings. The van der Waals surface area contributed by atoms with Crippen LogP contribution in [0.3, 0.4) is 0 Å². The van der Waals surface area contributed by atoms with Gasteiger partial charge in [0.15, 0.2) is 0 Å². The maximum Gasteiger partial charge on any atom is 0.326 e. The maximum atomic E-state index is 13.3. The van der Waals surface area contributed by atoms with Gasteiger partial charge in [0.25, 0.3) is 0 Å². The largest absolute Gasteiger partial charge is 0.508 e. The number of carboxylic acids is 2. The monoisotopic (exact) mass is 535 g/mol. The van der Waals surface area contributed by atoms with Crippen molar-refractivity contribution in [2.45, 2.75) is 69.1 Å². The number of rotatable bonds is 14. The fourth-order valence-corrected chi connectivity index (χ4v) is 4.07. The summed E-state index contributed by atoms with van der Waals surface area (Å²) >= 11 is 0. The second-order valence-electron chi connectivity index (χ2n) is 9.06. The Morgan fingerprint density at radius 3 is 2.21 bits per heavy atom. The molecular formula is C24H33N5O9. The Morgan fingerprint density at radius 1 is 0.974 bits per heavy atom. The first-order valence-corrected chi connectivity index (χ1v) is 12.1. The van der Waals surface area contributed by atoms with Crippen LogP contribution < -0.4 is 22.1 Å². The highest BCUT2D eigenvalue weighted by atomic mass is 16.4. The lowest BCUT2D eigenvalue weighted by atomic mass is 10.0. The van der Waals surface area contributed by atoms with Crippen LogP contribution in [-0.2, 0) is 35.2 Å². The fraction of sp³-hybridized carbons (Fsp3) is 0.500. The van der Waals surface area contributed by atoms with E-state index >= 15 is 0 Å². The Kier molecular flexibility index (Phi) is 11.0. The highest BCUT2D eigenvalue weighted by Crippen LogP contribution is 2.20. The quantitative estimate of drug-likeness (QED) is 0.144. The first-order valence-electron chi connectivity index (χ1n) is 12.1. The van der Waals surface area contributed by atoms with E-state index < -0.39 is 66.2 Å². The molecule has 1 heterocycles. The predicted molar refractivity (Wildman–Crippen MR) is 131 cm³/mol. The molecule has 0 aromatic heterocycles. The zero-order valence-electron chi connectivity index (χ0n) is 20.7. The number of carbonyl (C=O) groups is 6. The number of carboxylic acid groups (broad SMARTS) is 2. The molecule has 1 fully saturated rings. The molecular weight excluding hydrogens is 502 g/mol. The number of nitrogens with zero attached hydrogens (tertiary/aromatic N) is 1. The maximum absolute atomic E-state index is 13.3. The molecule has 9 N–H and O–H groups in total. The van der Waals surface area contributed by atoms with Crippen molar-refractivity contribution in [1.29, 1.82) is 0 Å². The number of aliphatic carboxylic acids is 2. The van der Waals surface area contributed by atoms with Crippen molar-refractivity contribution in [1.82, 2.24) is 15.5 Å². The molecule has 4 atom stereocenters.